The molecule has 2 heterocycles. The van der Waals surface area contributed by atoms with Crippen LogP contribution >= 0.6 is 11.6 Å². The standard InChI is InChI=1S/C23H23ClF4N4O3/c1-22(12-19(33)32(21(29)31-22)13-7-9-34-10-8-13)15-3-2-4-17(20(15)24)30-18-11-14(5-6-16(18)25)35-23(26,27)28/h2-6,11,13,30H,7-10,12H2,1H3,(H2,29,31)/t22-/m0/s1. The van der Waals surface area contributed by atoms with Crippen LogP contribution in [0, 0.1) is 11.2 Å². The third-order valence-electron chi connectivity index (χ3n) is 6.00. The first-order valence-corrected chi connectivity index (χ1v) is 11.2. The Balaban J connectivity index is 1.58. The number of guanidine groups is 1. The summed E-state index contributed by atoms with van der Waals surface area (Å²) in [5.41, 5.74) is -0.634. The van der Waals surface area contributed by atoms with Gasteiger partial charge in [-0.05, 0) is 43.5 Å². The molecule has 1 amide bonds. The van der Waals surface area contributed by atoms with E-state index in [2.05, 4.69) is 15.4 Å². The van der Waals surface area contributed by atoms with Crippen LogP contribution in [-0.4, -0.2) is 42.4 Å². The lowest BCUT2D eigenvalue weighted by atomic mass is 9.85. The summed E-state index contributed by atoms with van der Waals surface area (Å²) in [5.74, 6) is -1.69. The lowest BCUT2D eigenvalue weighted by Gasteiger charge is -2.45. The molecule has 2 aromatic rings. The molecule has 2 aliphatic heterocycles. The molecule has 0 spiro atoms. The van der Waals surface area contributed by atoms with Gasteiger partial charge in [0.2, 0.25) is 5.91 Å². The second kappa shape index (κ2) is 9.54. The van der Waals surface area contributed by atoms with E-state index in [0.717, 1.165) is 18.2 Å². The maximum absolute atomic E-state index is 14.3. The van der Waals surface area contributed by atoms with Crippen LogP contribution in [0.5, 0.6) is 5.75 Å². The summed E-state index contributed by atoms with van der Waals surface area (Å²) in [5, 5.41) is 14.4. The Bertz CT molecular complexity index is 1120. The minimum absolute atomic E-state index is 0.0131. The first-order valence-electron chi connectivity index (χ1n) is 10.8. The number of ether oxygens (including phenoxy) is 2. The summed E-state index contributed by atoms with van der Waals surface area (Å²) in [6, 6.07) is 7.26. The molecule has 35 heavy (non-hydrogen) atoms. The average Bonchev–Trinajstić information content (AvgIpc) is 2.76. The van der Waals surface area contributed by atoms with Crippen LogP contribution in [0.15, 0.2) is 36.4 Å². The van der Waals surface area contributed by atoms with Crippen molar-refractivity contribution in [3.8, 4) is 5.75 Å². The SMILES string of the molecule is C[C@@]1(c2cccc(Nc3cc(OC(F)(F)F)ccc3F)c2Cl)CC(=O)N(C2CCOCC2)C(=N)N1. The van der Waals surface area contributed by atoms with Gasteiger partial charge in [0.05, 0.1) is 28.4 Å². The lowest BCUT2D eigenvalue weighted by molar-refractivity contribution is -0.274. The monoisotopic (exact) mass is 514 g/mol. The number of rotatable bonds is 5. The normalized spacial score (nSPS) is 21.6. The molecular formula is C23H23ClF4N4O3. The van der Waals surface area contributed by atoms with Crippen LogP contribution < -0.4 is 15.4 Å². The molecule has 0 aliphatic carbocycles. The topological polar surface area (TPSA) is 86.7 Å². The van der Waals surface area contributed by atoms with E-state index in [1.165, 1.54) is 11.0 Å². The number of anilines is 2. The number of hydrogen-bond donors (Lipinski definition) is 3. The zero-order chi connectivity index (χ0) is 25.4. The Morgan fingerprint density at radius 1 is 1.23 bits per heavy atom. The van der Waals surface area contributed by atoms with Crippen molar-refractivity contribution in [1.82, 2.24) is 10.2 Å². The molecule has 2 aliphatic rings. The molecule has 12 heteroatoms. The van der Waals surface area contributed by atoms with Gasteiger partial charge in [-0.3, -0.25) is 15.1 Å². The number of carbonyl (C=O) groups is 1. The number of nitrogens with zero attached hydrogens (tertiary/aromatic N) is 1. The molecule has 2 saturated heterocycles. The van der Waals surface area contributed by atoms with E-state index in [1.807, 2.05) is 0 Å². The van der Waals surface area contributed by atoms with Gasteiger partial charge < -0.3 is 20.1 Å². The molecule has 2 fully saturated rings. The fraction of sp³-hybridized carbons (Fsp3) is 0.391. The Morgan fingerprint density at radius 2 is 1.94 bits per heavy atom. The molecule has 2 aromatic carbocycles. The summed E-state index contributed by atoms with van der Waals surface area (Å²) >= 11 is 6.61. The molecule has 0 radical (unpaired) electrons. The molecule has 0 bridgehead atoms. The van der Waals surface area contributed by atoms with Crippen molar-refractivity contribution < 1.29 is 31.8 Å². The van der Waals surface area contributed by atoms with E-state index in [-0.39, 0.29) is 40.7 Å². The van der Waals surface area contributed by atoms with Gasteiger partial charge in [-0.1, -0.05) is 23.7 Å². The number of alkyl halides is 3. The van der Waals surface area contributed by atoms with Gasteiger partial charge in [-0.15, -0.1) is 13.2 Å². The molecule has 4 rings (SSSR count). The van der Waals surface area contributed by atoms with E-state index >= 15 is 0 Å². The van der Waals surface area contributed by atoms with Crippen molar-refractivity contribution in [2.45, 2.75) is 44.1 Å². The number of hydrogen-bond acceptors (Lipinski definition) is 5. The maximum Gasteiger partial charge on any atom is 0.573 e. The first-order chi connectivity index (χ1) is 16.5. The largest absolute Gasteiger partial charge is 0.573 e. The molecular weight excluding hydrogens is 492 g/mol. The van der Waals surface area contributed by atoms with Crippen LogP contribution in [0.1, 0.15) is 31.7 Å². The Morgan fingerprint density at radius 3 is 2.60 bits per heavy atom. The van der Waals surface area contributed by atoms with Crippen LogP contribution in [0.25, 0.3) is 0 Å². The first kappa shape index (κ1) is 25.1. The van der Waals surface area contributed by atoms with Gasteiger partial charge in [0.15, 0.2) is 5.96 Å². The smallest absolute Gasteiger partial charge is 0.406 e. The van der Waals surface area contributed by atoms with Crippen molar-refractivity contribution >= 4 is 34.8 Å². The van der Waals surface area contributed by atoms with E-state index in [0.29, 0.717) is 31.6 Å². The van der Waals surface area contributed by atoms with E-state index in [1.54, 1.807) is 19.1 Å². The fourth-order valence-electron chi connectivity index (χ4n) is 4.37. The summed E-state index contributed by atoms with van der Waals surface area (Å²) in [6.07, 6.45) is -3.65. The third-order valence-corrected chi connectivity index (χ3v) is 6.41. The van der Waals surface area contributed by atoms with Crippen LogP contribution in [0.2, 0.25) is 5.02 Å². The van der Waals surface area contributed by atoms with E-state index in [4.69, 9.17) is 21.7 Å². The van der Waals surface area contributed by atoms with E-state index < -0.39 is 23.5 Å². The molecule has 0 aromatic heterocycles. The zero-order valence-corrected chi connectivity index (χ0v) is 19.4. The van der Waals surface area contributed by atoms with Gasteiger partial charge in [-0.25, -0.2) is 4.39 Å². The summed E-state index contributed by atoms with van der Waals surface area (Å²) in [4.78, 5) is 14.5. The number of benzene rings is 2. The summed E-state index contributed by atoms with van der Waals surface area (Å²) in [7, 11) is 0. The Kier molecular flexibility index (Phi) is 6.83. The van der Waals surface area contributed by atoms with Gasteiger partial charge in [0.1, 0.15) is 11.6 Å². The van der Waals surface area contributed by atoms with Crippen LogP contribution in [-0.2, 0) is 15.1 Å². The van der Waals surface area contributed by atoms with Crippen molar-refractivity contribution in [1.29, 1.82) is 5.41 Å². The number of halogens is 5. The Hall–Kier alpha value is -3.05. The highest BCUT2D eigenvalue weighted by atomic mass is 35.5. The summed E-state index contributed by atoms with van der Waals surface area (Å²) < 4.78 is 61.2. The van der Waals surface area contributed by atoms with Crippen LogP contribution in [0.4, 0.5) is 28.9 Å². The highest BCUT2D eigenvalue weighted by Gasteiger charge is 2.43. The molecule has 0 unspecified atom stereocenters. The third kappa shape index (κ3) is 5.46. The van der Waals surface area contributed by atoms with Crippen LogP contribution in [0.3, 0.4) is 0 Å². The van der Waals surface area contributed by atoms with Crippen molar-refractivity contribution in [2.75, 3.05) is 18.5 Å². The molecule has 188 valence electrons. The minimum Gasteiger partial charge on any atom is -0.406 e. The molecule has 1 atom stereocenters. The van der Waals surface area contributed by atoms with Gasteiger partial charge >= 0.3 is 6.36 Å². The second-order valence-corrected chi connectivity index (χ2v) is 8.95. The summed E-state index contributed by atoms with van der Waals surface area (Å²) in [6.45, 7) is 2.76. The predicted octanol–water partition coefficient (Wildman–Crippen LogP) is 5.27. The predicted molar refractivity (Wildman–Crippen MR) is 121 cm³/mol. The molecule has 3 N–H and O–H groups in total. The quantitative estimate of drug-likeness (QED) is 0.473. The second-order valence-electron chi connectivity index (χ2n) is 8.57. The van der Waals surface area contributed by atoms with Gasteiger partial charge in [0, 0.05) is 25.3 Å². The highest BCUT2D eigenvalue weighted by molar-refractivity contribution is 6.34. The number of carbonyl (C=O) groups excluding carboxylic acids is 1. The van der Waals surface area contributed by atoms with Gasteiger partial charge in [-0.2, -0.15) is 0 Å². The van der Waals surface area contributed by atoms with E-state index in [9.17, 15) is 22.4 Å². The minimum atomic E-state index is -4.93. The Labute approximate surface area is 203 Å². The zero-order valence-electron chi connectivity index (χ0n) is 18.6. The maximum atomic E-state index is 14.3. The lowest BCUT2D eigenvalue weighted by Crippen LogP contribution is -2.62. The van der Waals surface area contributed by atoms with Crippen molar-refractivity contribution in [2.24, 2.45) is 0 Å². The molecule has 7 nitrogen and oxygen atoms in total. The van der Waals surface area contributed by atoms with Gasteiger partial charge in [0.25, 0.3) is 0 Å². The fourth-order valence-corrected chi connectivity index (χ4v) is 4.75. The van der Waals surface area contributed by atoms with Crippen molar-refractivity contribution in [3.63, 3.8) is 0 Å². The average molecular weight is 515 g/mol. The van der Waals surface area contributed by atoms with Crippen molar-refractivity contribution in [3.05, 3.63) is 52.8 Å². The molecule has 0 saturated carbocycles. The highest BCUT2D eigenvalue weighted by Crippen LogP contribution is 2.40. The number of nitrogens with one attached hydrogen (secondary N) is 3. The number of amides is 1.